The molecule has 0 N–H and O–H groups in total. The normalized spacial score (nSPS) is 29.4. The van der Waals surface area contributed by atoms with Gasteiger partial charge in [-0.1, -0.05) is 18.0 Å². The molecule has 0 spiro atoms. The summed E-state index contributed by atoms with van der Waals surface area (Å²) >= 11 is 0. The van der Waals surface area contributed by atoms with Crippen LogP contribution < -0.4 is 0 Å². The summed E-state index contributed by atoms with van der Waals surface area (Å²) in [7, 11) is 0. The van der Waals surface area contributed by atoms with E-state index in [1.807, 2.05) is 6.92 Å². The molecule has 0 bridgehead atoms. The third kappa shape index (κ3) is 2.40. The van der Waals surface area contributed by atoms with Crippen LogP contribution in [-0.2, 0) is 4.74 Å². The Hall–Kier alpha value is -0.730. The van der Waals surface area contributed by atoms with Gasteiger partial charge in [-0.15, -0.1) is 0 Å². The van der Waals surface area contributed by atoms with E-state index in [0.29, 0.717) is 6.61 Å². The van der Waals surface area contributed by atoms with Crippen molar-refractivity contribution in [3.63, 3.8) is 0 Å². The lowest BCUT2D eigenvalue weighted by Gasteiger charge is -2.27. The van der Waals surface area contributed by atoms with Gasteiger partial charge in [0.2, 0.25) is 0 Å². The fourth-order valence-electron chi connectivity index (χ4n) is 1.68. The Bertz CT molecular complexity index is 175. The van der Waals surface area contributed by atoms with Crippen molar-refractivity contribution >= 4 is 0 Å². The maximum absolute atomic E-state index is 8.31. The molecule has 1 fully saturated rings. The molecule has 4 heteroatoms. The average molecular weight is 169 g/mol. The Morgan fingerprint density at radius 1 is 1.50 bits per heavy atom. The van der Waals surface area contributed by atoms with Crippen LogP contribution in [0.3, 0.4) is 0 Å². The van der Waals surface area contributed by atoms with Crippen molar-refractivity contribution in [2.24, 2.45) is 5.11 Å². The predicted octanol–water partition coefficient (Wildman–Crippen LogP) is 2.64. The number of hydrogen-bond acceptors (Lipinski definition) is 2. The van der Waals surface area contributed by atoms with Crippen molar-refractivity contribution in [2.75, 3.05) is 6.61 Å². The predicted molar refractivity (Wildman–Crippen MR) is 46.8 cm³/mol. The van der Waals surface area contributed by atoms with Gasteiger partial charge in [-0.2, -0.15) is 0 Å². The quantitative estimate of drug-likeness (QED) is 0.364. The van der Waals surface area contributed by atoms with Crippen LogP contribution in [0.1, 0.15) is 32.6 Å². The minimum atomic E-state index is 0.0729. The summed E-state index contributed by atoms with van der Waals surface area (Å²) < 4.78 is 5.48. The van der Waals surface area contributed by atoms with Gasteiger partial charge >= 0.3 is 0 Å². The van der Waals surface area contributed by atoms with E-state index in [9.17, 15) is 0 Å². The highest BCUT2D eigenvalue weighted by molar-refractivity contribution is 4.81. The maximum Gasteiger partial charge on any atom is 0.0659 e. The molecule has 4 nitrogen and oxygen atoms in total. The third-order valence-electron chi connectivity index (χ3n) is 2.25. The van der Waals surface area contributed by atoms with Crippen LogP contribution >= 0.6 is 0 Å². The first kappa shape index (κ1) is 9.36. The average Bonchev–Trinajstić information content (AvgIpc) is 2.09. The molecule has 1 aliphatic carbocycles. The summed E-state index contributed by atoms with van der Waals surface area (Å²) in [5.41, 5.74) is 8.31. The van der Waals surface area contributed by atoms with Gasteiger partial charge in [0.1, 0.15) is 0 Å². The highest BCUT2D eigenvalue weighted by Gasteiger charge is 2.23. The second-order valence-electron chi connectivity index (χ2n) is 3.05. The summed E-state index contributed by atoms with van der Waals surface area (Å²) in [5, 5.41) is 3.74. The van der Waals surface area contributed by atoms with Crippen LogP contribution in [0.5, 0.6) is 0 Å². The molecule has 0 aromatic carbocycles. The molecule has 1 rings (SSSR count). The van der Waals surface area contributed by atoms with E-state index >= 15 is 0 Å². The summed E-state index contributed by atoms with van der Waals surface area (Å²) in [4.78, 5) is 2.84. The van der Waals surface area contributed by atoms with Gasteiger partial charge < -0.3 is 4.74 Å². The molecule has 0 amide bonds. The standard InChI is InChI=1S/C8H15N3O/c1-2-12-8-6-4-3-5-7(8)10-11-9/h7-8H,2-6H2,1H3/t7-,8+/m1/s1. The molecule has 1 saturated carbocycles. The van der Waals surface area contributed by atoms with Crippen LogP contribution in [0, 0.1) is 0 Å². The number of nitrogens with zero attached hydrogens (tertiary/aromatic N) is 3. The van der Waals surface area contributed by atoms with Crippen LogP contribution in [0.2, 0.25) is 0 Å². The summed E-state index contributed by atoms with van der Waals surface area (Å²) in [6.45, 7) is 2.68. The molecular weight excluding hydrogens is 154 g/mol. The van der Waals surface area contributed by atoms with E-state index in [4.69, 9.17) is 10.3 Å². The summed E-state index contributed by atoms with van der Waals surface area (Å²) in [6.07, 6.45) is 4.54. The first-order valence-electron chi connectivity index (χ1n) is 4.54. The number of hydrogen-bond donors (Lipinski definition) is 0. The van der Waals surface area contributed by atoms with Crippen molar-refractivity contribution in [1.29, 1.82) is 0 Å². The highest BCUT2D eigenvalue weighted by atomic mass is 16.5. The van der Waals surface area contributed by atoms with Gasteiger partial charge in [0, 0.05) is 11.5 Å². The Labute approximate surface area is 72.5 Å². The molecule has 0 aliphatic heterocycles. The van der Waals surface area contributed by atoms with Gasteiger partial charge in [-0.25, -0.2) is 0 Å². The van der Waals surface area contributed by atoms with Crippen molar-refractivity contribution in [3.05, 3.63) is 10.4 Å². The summed E-state index contributed by atoms with van der Waals surface area (Å²) in [5.74, 6) is 0. The van der Waals surface area contributed by atoms with Crippen LogP contribution in [-0.4, -0.2) is 18.8 Å². The fraction of sp³-hybridized carbons (Fsp3) is 1.00. The SMILES string of the molecule is CCO[C@H]1CCCC[C@H]1N=[N+]=[N-]. The van der Waals surface area contributed by atoms with E-state index < -0.39 is 0 Å². The smallest absolute Gasteiger partial charge is 0.0659 e. The molecule has 0 saturated heterocycles. The van der Waals surface area contributed by atoms with Crippen molar-refractivity contribution in [1.82, 2.24) is 0 Å². The molecule has 1 aliphatic rings. The third-order valence-corrected chi connectivity index (χ3v) is 2.25. The van der Waals surface area contributed by atoms with Gasteiger partial charge in [0.15, 0.2) is 0 Å². The minimum absolute atomic E-state index is 0.0729. The largest absolute Gasteiger partial charge is 0.378 e. The lowest BCUT2D eigenvalue weighted by molar-refractivity contribution is 0.0230. The molecule has 0 radical (unpaired) electrons. The van der Waals surface area contributed by atoms with Gasteiger partial charge in [0.25, 0.3) is 0 Å². The highest BCUT2D eigenvalue weighted by Crippen LogP contribution is 2.23. The van der Waals surface area contributed by atoms with Crippen LogP contribution in [0.4, 0.5) is 0 Å². The Morgan fingerprint density at radius 2 is 2.25 bits per heavy atom. The number of rotatable bonds is 3. The zero-order valence-corrected chi connectivity index (χ0v) is 7.44. The second kappa shape index (κ2) is 5.01. The number of azide groups is 1. The van der Waals surface area contributed by atoms with Crippen LogP contribution in [0.25, 0.3) is 10.4 Å². The lowest BCUT2D eigenvalue weighted by atomic mass is 9.93. The molecule has 12 heavy (non-hydrogen) atoms. The van der Waals surface area contributed by atoms with Crippen LogP contribution in [0.15, 0.2) is 5.11 Å². The van der Waals surface area contributed by atoms with Crippen molar-refractivity contribution < 1.29 is 4.74 Å². The maximum atomic E-state index is 8.31. The summed E-state index contributed by atoms with van der Waals surface area (Å²) in [6, 6.07) is 0.0729. The zero-order valence-electron chi connectivity index (χ0n) is 7.44. The molecule has 0 aromatic rings. The second-order valence-corrected chi connectivity index (χ2v) is 3.05. The molecule has 0 aromatic heterocycles. The first-order chi connectivity index (χ1) is 5.88. The zero-order chi connectivity index (χ0) is 8.81. The minimum Gasteiger partial charge on any atom is -0.378 e. The fourth-order valence-corrected chi connectivity index (χ4v) is 1.68. The molecule has 2 atom stereocenters. The van der Waals surface area contributed by atoms with Crippen molar-refractivity contribution in [2.45, 2.75) is 44.8 Å². The molecule has 0 unspecified atom stereocenters. The Kier molecular flexibility index (Phi) is 3.91. The van der Waals surface area contributed by atoms with E-state index in [1.165, 1.54) is 6.42 Å². The monoisotopic (exact) mass is 169 g/mol. The van der Waals surface area contributed by atoms with E-state index in [2.05, 4.69) is 10.0 Å². The topological polar surface area (TPSA) is 58.0 Å². The van der Waals surface area contributed by atoms with Gasteiger partial charge in [-0.3, -0.25) is 0 Å². The van der Waals surface area contributed by atoms with Crippen molar-refractivity contribution in [3.8, 4) is 0 Å². The molecule has 68 valence electrons. The van der Waals surface area contributed by atoms with Gasteiger partial charge in [0.05, 0.1) is 12.1 Å². The molecule has 0 heterocycles. The van der Waals surface area contributed by atoms with E-state index in [1.54, 1.807) is 0 Å². The Morgan fingerprint density at radius 3 is 2.92 bits per heavy atom. The van der Waals surface area contributed by atoms with E-state index in [0.717, 1.165) is 19.3 Å². The lowest BCUT2D eigenvalue weighted by Crippen LogP contribution is -2.30. The molecular formula is C8H15N3O. The number of ether oxygens (including phenoxy) is 1. The van der Waals surface area contributed by atoms with Gasteiger partial charge in [-0.05, 0) is 25.3 Å². The Balaban J connectivity index is 2.47. The first-order valence-corrected chi connectivity index (χ1v) is 4.54. The van der Waals surface area contributed by atoms with E-state index in [-0.39, 0.29) is 12.1 Å².